The van der Waals surface area contributed by atoms with Gasteiger partial charge in [0.15, 0.2) is 5.43 Å². The molecule has 1 atom stereocenters. The number of aryl methyl sites for hydroxylation is 2. The second-order valence-electron chi connectivity index (χ2n) is 7.41. The lowest BCUT2D eigenvalue weighted by molar-refractivity contribution is 0.0651. The van der Waals surface area contributed by atoms with Crippen molar-refractivity contribution in [2.75, 3.05) is 13.2 Å². The highest BCUT2D eigenvalue weighted by Crippen LogP contribution is 2.19. The van der Waals surface area contributed by atoms with Gasteiger partial charge in [0.1, 0.15) is 17.1 Å². The van der Waals surface area contributed by atoms with Crippen LogP contribution in [0, 0.1) is 13.8 Å². The van der Waals surface area contributed by atoms with E-state index in [1.165, 1.54) is 0 Å². The highest BCUT2D eigenvalue weighted by molar-refractivity contribution is 5.77. The van der Waals surface area contributed by atoms with Crippen LogP contribution in [0.25, 0.3) is 11.0 Å². The van der Waals surface area contributed by atoms with E-state index < -0.39 is 0 Å². The Balaban J connectivity index is 1.60. The second-order valence-corrected chi connectivity index (χ2v) is 7.41. The Hall–Kier alpha value is -2.37. The lowest BCUT2D eigenvalue weighted by Gasteiger charge is -2.24. The Morgan fingerprint density at radius 3 is 2.78 bits per heavy atom. The standard InChI is InChI=1S/C22H25NO4/c1-15-5-8-21-20(10-15)22(24)17(14-26-21)11-23(12-18-4-3-9-25-18)13-19-7-6-16(2)27-19/h5-8,10,14,18H,3-4,9,11-13H2,1-2H3. The number of hydrogen-bond donors (Lipinski definition) is 0. The van der Waals surface area contributed by atoms with E-state index in [4.69, 9.17) is 13.6 Å². The minimum absolute atomic E-state index is 0.0351. The summed E-state index contributed by atoms with van der Waals surface area (Å²) in [6.45, 7) is 6.65. The zero-order valence-electron chi connectivity index (χ0n) is 15.9. The Kier molecular flexibility index (Phi) is 5.14. The van der Waals surface area contributed by atoms with Gasteiger partial charge in [-0.15, -0.1) is 0 Å². The summed E-state index contributed by atoms with van der Waals surface area (Å²) in [7, 11) is 0. The summed E-state index contributed by atoms with van der Waals surface area (Å²) in [6, 6.07) is 9.65. The highest BCUT2D eigenvalue weighted by atomic mass is 16.5. The zero-order valence-corrected chi connectivity index (χ0v) is 15.9. The number of fused-ring (bicyclic) bond motifs is 1. The first-order valence-electron chi connectivity index (χ1n) is 9.49. The highest BCUT2D eigenvalue weighted by Gasteiger charge is 2.21. The molecule has 2 aromatic heterocycles. The maximum absolute atomic E-state index is 13.0. The fraction of sp³-hybridized carbons (Fsp3) is 0.409. The predicted octanol–water partition coefficient (Wildman–Crippen LogP) is 4.18. The largest absolute Gasteiger partial charge is 0.465 e. The third-order valence-electron chi connectivity index (χ3n) is 5.05. The summed E-state index contributed by atoms with van der Waals surface area (Å²) in [5.41, 5.74) is 2.37. The second kappa shape index (κ2) is 7.71. The lowest BCUT2D eigenvalue weighted by Crippen LogP contribution is -2.33. The first-order valence-corrected chi connectivity index (χ1v) is 9.49. The minimum atomic E-state index is 0.0351. The van der Waals surface area contributed by atoms with Gasteiger partial charge in [-0.05, 0) is 51.0 Å². The molecule has 1 saturated heterocycles. The Morgan fingerprint density at radius 1 is 1.15 bits per heavy atom. The number of ether oxygens (including phenoxy) is 1. The lowest BCUT2D eigenvalue weighted by atomic mass is 10.1. The molecule has 0 saturated carbocycles. The number of benzene rings is 1. The molecule has 0 aliphatic carbocycles. The monoisotopic (exact) mass is 367 g/mol. The third-order valence-corrected chi connectivity index (χ3v) is 5.05. The third kappa shape index (κ3) is 4.15. The van der Waals surface area contributed by atoms with Gasteiger partial charge in [-0.1, -0.05) is 11.6 Å². The van der Waals surface area contributed by atoms with Crippen LogP contribution in [-0.4, -0.2) is 24.2 Å². The zero-order chi connectivity index (χ0) is 18.8. The molecule has 1 fully saturated rings. The molecule has 142 valence electrons. The van der Waals surface area contributed by atoms with E-state index in [1.54, 1.807) is 6.26 Å². The van der Waals surface area contributed by atoms with Crippen molar-refractivity contribution in [3.8, 4) is 0 Å². The molecule has 5 heteroatoms. The summed E-state index contributed by atoms with van der Waals surface area (Å²) in [5.74, 6) is 1.79. The van der Waals surface area contributed by atoms with Crippen LogP contribution >= 0.6 is 0 Å². The van der Waals surface area contributed by atoms with Crippen molar-refractivity contribution >= 4 is 11.0 Å². The predicted molar refractivity (Wildman–Crippen MR) is 104 cm³/mol. The van der Waals surface area contributed by atoms with Gasteiger partial charge in [0.05, 0.1) is 24.3 Å². The van der Waals surface area contributed by atoms with Gasteiger partial charge in [0.2, 0.25) is 0 Å². The molecule has 1 aliphatic rings. The quantitative estimate of drug-likeness (QED) is 0.654. The Bertz CT molecular complexity index is 981. The smallest absolute Gasteiger partial charge is 0.197 e. The van der Waals surface area contributed by atoms with Gasteiger partial charge in [-0.25, -0.2) is 0 Å². The van der Waals surface area contributed by atoms with Crippen LogP contribution < -0.4 is 5.43 Å². The minimum Gasteiger partial charge on any atom is -0.465 e. The molecule has 1 aromatic carbocycles. The van der Waals surface area contributed by atoms with E-state index in [2.05, 4.69) is 4.90 Å². The van der Waals surface area contributed by atoms with Gasteiger partial charge >= 0.3 is 0 Å². The molecule has 0 bridgehead atoms. The molecule has 4 rings (SSSR count). The molecule has 27 heavy (non-hydrogen) atoms. The average molecular weight is 367 g/mol. The number of furan rings is 1. The van der Waals surface area contributed by atoms with Crippen molar-refractivity contribution in [2.24, 2.45) is 0 Å². The molecule has 0 amide bonds. The van der Waals surface area contributed by atoms with E-state index in [0.717, 1.165) is 43.1 Å². The van der Waals surface area contributed by atoms with Crippen molar-refractivity contribution in [3.05, 3.63) is 69.5 Å². The molecule has 3 aromatic rings. The van der Waals surface area contributed by atoms with E-state index in [0.29, 0.717) is 29.6 Å². The average Bonchev–Trinajstić information content (AvgIpc) is 3.29. The van der Waals surface area contributed by atoms with Crippen molar-refractivity contribution in [1.82, 2.24) is 4.90 Å². The van der Waals surface area contributed by atoms with Crippen molar-refractivity contribution < 1.29 is 13.6 Å². The normalized spacial score (nSPS) is 17.2. The van der Waals surface area contributed by atoms with Crippen LogP contribution in [0.2, 0.25) is 0 Å². The van der Waals surface area contributed by atoms with Crippen LogP contribution in [0.1, 0.15) is 35.5 Å². The first kappa shape index (κ1) is 18.0. The summed E-state index contributed by atoms with van der Waals surface area (Å²) >= 11 is 0. The fourth-order valence-corrected chi connectivity index (χ4v) is 3.69. The topological polar surface area (TPSA) is 55.8 Å². The Morgan fingerprint density at radius 2 is 2.04 bits per heavy atom. The molecular formula is C22H25NO4. The maximum atomic E-state index is 13.0. The van der Waals surface area contributed by atoms with Crippen LogP contribution in [0.3, 0.4) is 0 Å². The molecule has 3 heterocycles. The molecule has 1 aliphatic heterocycles. The van der Waals surface area contributed by atoms with Crippen molar-refractivity contribution in [1.29, 1.82) is 0 Å². The van der Waals surface area contributed by atoms with Crippen LogP contribution in [0.4, 0.5) is 0 Å². The van der Waals surface area contributed by atoms with Crippen LogP contribution in [0.5, 0.6) is 0 Å². The van der Waals surface area contributed by atoms with Crippen LogP contribution in [-0.2, 0) is 17.8 Å². The summed E-state index contributed by atoms with van der Waals surface area (Å²) < 4.78 is 17.3. The summed E-state index contributed by atoms with van der Waals surface area (Å²) in [6.07, 6.45) is 3.95. The number of rotatable bonds is 6. The molecule has 5 nitrogen and oxygen atoms in total. The van der Waals surface area contributed by atoms with E-state index in [-0.39, 0.29) is 11.5 Å². The molecule has 0 spiro atoms. The maximum Gasteiger partial charge on any atom is 0.197 e. The van der Waals surface area contributed by atoms with Gasteiger partial charge < -0.3 is 13.6 Å². The molecule has 0 N–H and O–H groups in total. The van der Waals surface area contributed by atoms with Gasteiger partial charge in [0.25, 0.3) is 0 Å². The SMILES string of the molecule is Cc1ccc2occ(CN(Cc3ccc(C)o3)CC3CCCO3)c(=O)c2c1. The van der Waals surface area contributed by atoms with E-state index >= 15 is 0 Å². The Labute approximate surface area is 158 Å². The molecular weight excluding hydrogens is 342 g/mol. The van der Waals surface area contributed by atoms with Crippen molar-refractivity contribution in [3.63, 3.8) is 0 Å². The van der Waals surface area contributed by atoms with Crippen LogP contribution in [0.15, 0.2) is 50.2 Å². The van der Waals surface area contributed by atoms with Crippen molar-refractivity contribution in [2.45, 2.75) is 45.9 Å². The fourth-order valence-electron chi connectivity index (χ4n) is 3.69. The summed E-state index contributed by atoms with van der Waals surface area (Å²) in [5, 5.41) is 0.637. The molecule has 1 unspecified atom stereocenters. The molecule has 0 radical (unpaired) electrons. The number of nitrogens with zero attached hydrogens (tertiary/aromatic N) is 1. The van der Waals surface area contributed by atoms with Gasteiger partial charge in [0, 0.05) is 25.3 Å². The van der Waals surface area contributed by atoms with E-state index in [9.17, 15) is 4.79 Å². The number of hydrogen-bond acceptors (Lipinski definition) is 5. The van der Waals surface area contributed by atoms with Gasteiger partial charge in [-0.3, -0.25) is 9.69 Å². The van der Waals surface area contributed by atoms with E-state index in [1.807, 2.05) is 44.2 Å². The summed E-state index contributed by atoms with van der Waals surface area (Å²) in [4.78, 5) is 15.2. The van der Waals surface area contributed by atoms with Gasteiger partial charge in [-0.2, -0.15) is 0 Å². The first-order chi connectivity index (χ1) is 13.1.